The normalized spacial score (nSPS) is 12.1. The van der Waals surface area contributed by atoms with Gasteiger partial charge in [0.1, 0.15) is 11.8 Å². The van der Waals surface area contributed by atoms with Gasteiger partial charge in [0.2, 0.25) is 0 Å². The van der Waals surface area contributed by atoms with E-state index in [2.05, 4.69) is 6.07 Å². The van der Waals surface area contributed by atoms with Gasteiger partial charge in [-0.05, 0) is 30.2 Å². The lowest BCUT2D eigenvalue weighted by Gasteiger charge is -2.07. The van der Waals surface area contributed by atoms with E-state index < -0.39 is 6.10 Å². The van der Waals surface area contributed by atoms with Crippen molar-refractivity contribution in [2.45, 2.75) is 13.0 Å². The Hall–Kier alpha value is -2.05. The predicted octanol–water partition coefficient (Wildman–Crippen LogP) is 2.62. The van der Waals surface area contributed by atoms with Gasteiger partial charge in [0.05, 0.1) is 6.10 Å². The monoisotopic (exact) mass is 226 g/mol. The van der Waals surface area contributed by atoms with Crippen molar-refractivity contribution in [1.29, 1.82) is 5.26 Å². The van der Waals surface area contributed by atoms with Crippen LogP contribution < -0.4 is 0 Å². The van der Waals surface area contributed by atoms with Crippen molar-refractivity contribution in [2.24, 2.45) is 7.05 Å². The molecule has 0 unspecified atom stereocenters. The molecular formula is C14H14N2O. The third-order valence-corrected chi connectivity index (χ3v) is 2.93. The van der Waals surface area contributed by atoms with E-state index in [1.165, 1.54) is 0 Å². The molecule has 86 valence electrons. The van der Waals surface area contributed by atoms with Gasteiger partial charge in [-0.3, -0.25) is 0 Å². The number of aliphatic hydroxyl groups is 1. The second-order valence-electron chi connectivity index (χ2n) is 4.07. The van der Waals surface area contributed by atoms with Crippen LogP contribution >= 0.6 is 0 Å². The highest BCUT2D eigenvalue weighted by atomic mass is 16.3. The molecule has 1 aromatic carbocycles. The fraction of sp³-hybridized carbons (Fsp3) is 0.214. The summed E-state index contributed by atoms with van der Waals surface area (Å²) in [5.74, 6) is 0. The molecule has 2 aromatic rings. The number of aliphatic hydroxyl groups excluding tert-OH is 1. The summed E-state index contributed by atoms with van der Waals surface area (Å²) >= 11 is 0. The zero-order valence-electron chi connectivity index (χ0n) is 9.88. The second-order valence-corrected chi connectivity index (χ2v) is 4.07. The molecule has 3 nitrogen and oxygen atoms in total. The number of rotatable bonds is 2. The first-order chi connectivity index (χ1) is 8.13. The highest BCUT2D eigenvalue weighted by Crippen LogP contribution is 2.23. The quantitative estimate of drug-likeness (QED) is 0.855. The first-order valence-corrected chi connectivity index (χ1v) is 5.47. The van der Waals surface area contributed by atoms with Crippen LogP contribution in [0.4, 0.5) is 0 Å². The van der Waals surface area contributed by atoms with Gasteiger partial charge in [0.25, 0.3) is 0 Å². The molecule has 0 amide bonds. The number of benzene rings is 1. The molecule has 17 heavy (non-hydrogen) atoms. The van der Waals surface area contributed by atoms with Crippen molar-refractivity contribution in [3.05, 3.63) is 47.7 Å². The minimum Gasteiger partial charge on any atom is -0.389 e. The number of hydrogen-bond acceptors (Lipinski definition) is 2. The molecule has 1 heterocycles. The smallest absolute Gasteiger partial charge is 0.120 e. The average molecular weight is 226 g/mol. The Kier molecular flexibility index (Phi) is 2.99. The maximum atomic E-state index is 9.43. The summed E-state index contributed by atoms with van der Waals surface area (Å²) in [6.45, 7) is 1.74. The zero-order chi connectivity index (χ0) is 12.4. The van der Waals surface area contributed by atoms with Gasteiger partial charge in [-0.2, -0.15) is 5.26 Å². The Morgan fingerprint density at radius 1 is 1.18 bits per heavy atom. The molecule has 0 bridgehead atoms. The van der Waals surface area contributed by atoms with Crippen LogP contribution in [-0.2, 0) is 7.05 Å². The van der Waals surface area contributed by atoms with E-state index >= 15 is 0 Å². The number of aromatic nitrogens is 1. The molecule has 0 radical (unpaired) electrons. The lowest BCUT2D eigenvalue weighted by atomic mass is 10.1. The molecule has 0 saturated carbocycles. The van der Waals surface area contributed by atoms with Crippen LogP contribution in [0.25, 0.3) is 11.3 Å². The van der Waals surface area contributed by atoms with E-state index in [0.717, 1.165) is 16.8 Å². The van der Waals surface area contributed by atoms with Gasteiger partial charge in [0, 0.05) is 12.7 Å². The van der Waals surface area contributed by atoms with Crippen molar-refractivity contribution in [3.8, 4) is 17.3 Å². The topological polar surface area (TPSA) is 48.9 Å². The summed E-state index contributed by atoms with van der Waals surface area (Å²) in [6.07, 6.45) is -0.452. The van der Waals surface area contributed by atoms with E-state index in [1.54, 1.807) is 13.0 Å². The molecule has 0 aliphatic carbocycles. The Morgan fingerprint density at radius 2 is 1.82 bits per heavy atom. The Morgan fingerprint density at radius 3 is 2.29 bits per heavy atom. The first-order valence-electron chi connectivity index (χ1n) is 5.47. The Bertz CT molecular complexity index is 559. The van der Waals surface area contributed by atoms with Crippen LogP contribution in [0.3, 0.4) is 0 Å². The van der Waals surface area contributed by atoms with E-state index in [0.29, 0.717) is 5.69 Å². The molecule has 2 rings (SSSR count). The number of nitrogens with zero attached hydrogens (tertiary/aromatic N) is 2. The van der Waals surface area contributed by atoms with Crippen LogP contribution in [0.1, 0.15) is 24.3 Å². The summed E-state index contributed by atoms with van der Waals surface area (Å²) in [7, 11) is 1.87. The van der Waals surface area contributed by atoms with Crippen LogP contribution in [0.5, 0.6) is 0 Å². The molecule has 1 N–H and O–H groups in total. The molecule has 0 spiro atoms. The minimum atomic E-state index is -0.452. The Balaban J connectivity index is 2.40. The summed E-state index contributed by atoms with van der Waals surface area (Å²) in [4.78, 5) is 0. The molecule has 0 aliphatic rings. The third-order valence-electron chi connectivity index (χ3n) is 2.93. The molecule has 0 saturated heterocycles. The van der Waals surface area contributed by atoms with Crippen LogP contribution in [-0.4, -0.2) is 9.67 Å². The zero-order valence-corrected chi connectivity index (χ0v) is 9.88. The van der Waals surface area contributed by atoms with Crippen molar-refractivity contribution in [1.82, 2.24) is 4.57 Å². The summed E-state index contributed by atoms with van der Waals surface area (Å²) in [6, 6.07) is 13.6. The fourth-order valence-electron chi connectivity index (χ4n) is 1.85. The third kappa shape index (κ3) is 2.08. The van der Waals surface area contributed by atoms with E-state index in [4.69, 9.17) is 5.26 Å². The number of nitriles is 1. The average Bonchev–Trinajstić information content (AvgIpc) is 2.70. The van der Waals surface area contributed by atoms with Crippen LogP contribution in [0.15, 0.2) is 36.4 Å². The SMILES string of the molecule is C[C@@H](O)c1ccc(-c2ccc(C#N)n2C)cc1. The highest BCUT2D eigenvalue weighted by Gasteiger charge is 2.07. The molecule has 0 fully saturated rings. The maximum absolute atomic E-state index is 9.43. The van der Waals surface area contributed by atoms with Gasteiger partial charge >= 0.3 is 0 Å². The predicted molar refractivity (Wildman–Crippen MR) is 66.2 cm³/mol. The molecular weight excluding hydrogens is 212 g/mol. The summed E-state index contributed by atoms with van der Waals surface area (Å²) in [5.41, 5.74) is 3.57. The number of hydrogen-bond donors (Lipinski definition) is 1. The lowest BCUT2D eigenvalue weighted by Crippen LogP contribution is -1.95. The molecule has 1 aromatic heterocycles. The van der Waals surface area contributed by atoms with E-state index in [9.17, 15) is 5.11 Å². The minimum absolute atomic E-state index is 0.452. The lowest BCUT2D eigenvalue weighted by molar-refractivity contribution is 0.199. The van der Waals surface area contributed by atoms with Crippen molar-refractivity contribution in [3.63, 3.8) is 0 Å². The van der Waals surface area contributed by atoms with Crippen LogP contribution in [0.2, 0.25) is 0 Å². The van der Waals surface area contributed by atoms with Crippen molar-refractivity contribution in [2.75, 3.05) is 0 Å². The van der Waals surface area contributed by atoms with Crippen molar-refractivity contribution < 1.29 is 5.11 Å². The van der Waals surface area contributed by atoms with Gasteiger partial charge < -0.3 is 9.67 Å². The molecule has 3 heteroatoms. The summed E-state index contributed by atoms with van der Waals surface area (Å²) in [5, 5.41) is 18.3. The van der Waals surface area contributed by atoms with Crippen molar-refractivity contribution >= 4 is 0 Å². The molecule has 1 atom stereocenters. The maximum Gasteiger partial charge on any atom is 0.120 e. The van der Waals surface area contributed by atoms with Gasteiger partial charge in [-0.1, -0.05) is 24.3 Å². The Labute approximate surface area is 101 Å². The van der Waals surface area contributed by atoms with Crippen LogP contribution in [0, 0.1) is 11.3 Å². The van der Waals surface area contributed by atoms with Gasteiger partial charge in [-0.15, -0.1) is 0 Å². The second kappa shape index (κ2) is 4.44. The first kappa shape index (κ1) is 11.4. The van der Waals surface area contributed by atoms with Gasteiger partial charge in [0.15, 0.2) is 0 Å². The largest absolute Gasteiger partial charge is 0.389 e. The standard InChI is InChI=1S/C14H14N2O/c1-10(17)11-3-5-12(6-4-11)14-8-7-13(9-15)16(14)2/h3-8,10,17H,1-2H3/t10-/m1/s1. The highest BCUT2D eigenvalue weighted by molar-refractivity contribution is 5.62. The van der Waals surface area contributed by atoms with E-state index in [1.807, 2.05) is 41.9 Å². The van der Waals surface area contributed by atoms with E-state index in [-0.39, 0.29) is 0 Å². The fourth-order valence-corrected chi connectivity index (χ4v) is 1.85. The van der Waals surface area contributed by atoms with Gasteiger partial charge in [-0.25, -0.2) is 0 Å². The summed E-state index contributed by atoms with van der Waals surface area (Å²) < 4.78 is 1.86. The molecule has 0 aliphatic heterocycles.